The monoisotopic (exact) mass is 498 g/mol. The Morgan fingerprint density at radius 3 is 1.79 bits per heavy atom. The maximum absolute atomic E-state index is 6.33. The van der Waals surface area contributed by atoms with Gasteiger partial charge in [0.1, 0.15) is 11.2 Å². The number of hydrogen-bond donors (Lipinski definition) is 0. The summed E-state index contributed by atoms with van der Waals surface area (Å²) in [5, 5.41) is 7.28. The molecule has 0 N–H and O–H groups in total. The van der Waals surface area contributed by atoms with Gasteiger partial charge in [-0.05, 0) is 60.7 Å². The third kappa shape index (κ3) is 2.76. The van der Waals surface area contributed by atoms with Crippen molar-refractivity contribution in [1.82, 2.24) is 9.13 Å². The van der Waals surface area contributed by atoms with E-state index >= 15 is 0 Å². The number of furan rings is 1. The molecule has 0 aliphatic rings. The van der Waals surface area contributed by atoms with Crippen molar-refractivity contribution in [3.63, 3.8) is 0 Å². The Balaban J connectivity index is 1.55. The zero-order chi connectivity index (χ0) is 25.5. The van der Waals surface area contributed by atoms with E-state index in [1.165, 1.54) is 43.6 Å². The van der Waals surface area contributed by atoms with Gasteiger partial charge in [-0.2, -0.15) is 0 Å². The number of aromatic nitrogens is 2. The summed E-state index contributed by atoms with van der Waals surface area (Å²) in [6, 6.07) is 47.5. The molecule has 0 unspecified atom stereocenters. The number of hydrogen-bond acceptors (Lipinski definition) is 1. The number of nitrogens with zero attached hydrogens (tertiary/aromatic N) is 2. The zero-order valence-electron chi connectivity index (χ0n) is 21.0. The molecule has 3 nitrogen and oxygen atoms in total. The largest absolute Gasteiger partial charge is 0.456 e. The summed E-state index contributed by atoms with van der Waals surface area (Å²) < 4.78 is 11.1. The van der Waals surface area contributed by atoms with Crippen LogP contribution in [0.2, 0.25) is 0 Å². The maximum atomic E-state index is 6.33. The molecule has 3 heterocycles. The second-order valence-corrected chi connectivity index (χ2v) is 10.2. The van der Waals surface area contributed by atoms with Gasteiger partial charge in [0.05, 0.1) is 27.5 Å². The van der Waals surface area contributed by atoms with E-state index in [9.17, 15) is 0 Å². The van der Waals surface area contributed by atoms with Gasteiger partial charge in [0, 0.05) is 38.3 Å². The van der Waals surface area contributed by atoms with Crippen LogP contribution < -0.4 is 0 Å². The van der Waals surface area contributed by atoms with E-state index in [2.05, 4.69) is 137 Å². The fourth-order valence-corrected chi connectivity index (χ4v) is 6.47. The van der Waals surface area contributed by atoms with E-state index in [-0.39, 0.29) is 0 Å². The van der Waals surface area contributed by atoms with E-state index in [1.54, 1.807) is 0 Å². The van der Waals surface area contributed by atoms with Gasteiger partial charge in [0.15, 0.2) is 0 Å². The zero-order valence-corrected chi connectivity index (χ0v) is 21.0. The quantitative estimate of drug-likeness (QED) is 0.233. The van der Waals surface area contributed by atoms with Crippen LogP contribution in [0.15, 0.2) is 138 Å². The van der Waals surface area contributed by atoms with E-state index in [0.29, 0.717) is 0 Å². The molecule has 0 atom stereocenters. The standard InChI is InChI=1S/C36H22N2O/c1-3-11-23(12-4-1)37-30-17-9-7-15-25(30)28-21-29-26-19-20-34-35(27-16-8-10-18-33(27)39-34)36(26)38(32(29)22-31(28)37)24-13-5-2-6-14-24/h1-22H. The van der Waals surface area contributed by atoms with Crippen LogP contribution in [0.5, 0.6) is 0 Å². The van der Waals surface area contributed by atoms with Gasteiger partial charge in [0.2, 0.25) is 0 Å². The SMILES string of the molecule is c1ccc(-n2c3ccccc3c3cc4c5ccc6oc7ccccc7c6c5n(-c5ccccc5)c4cc32)cc1. The van der Waals surface area contributed by atoms with Gasteiger partial charge in [0.25, 0.3) is 0 Å². The Hall–Kier alpha value is -5.28. The average molecular weight is 499 g/mol. The van der Waals surface area contributed by atoms with Gasteiger partial charge in [-0.1, -0.05) is 72.8 Å². The molecule has 0 saturated carbocycles. The van der Waals surface area contributed by atoms with Crippen molar-refractivity contribution in [2.24, 2.45) is 0 Å². The lowest BCUT2D eigenvalue weighted by Crippen LogP contribution is -1.95. The third-order valence-electron chi connectivity index (χ3n) is 8.09. The molecule has 0 aliphatic carbocycles. The second kappa shape index (κ2) is 7.62. The van der Waals surface area contributed by atoms with Crippen LogP contribution in [0.3, 0.4) is 0 Å². The molecule has 9 rings (SSSR count). The molecule has 0 bridgehead atoms. The van der Waals surface area contributed by atoms with E-state index in [4.69, 9.17) is 4.42 Å². The highest BCUT2D eigenvalue weighted by molar-refractivity contribution is 6.26. The lowest BCUT2D eigenvalue weighted by molar-refractivity contribution is 0.669. The summed E-state index contributed by atoms with van der Waals surface area (Å²) in [6.07, 6.45) is 0. The van der Waals surface area contributed by atoms with Crippen LogP contribution in [0.4, 0.5) is 0 Å². The van der Waals surface area contributed by atoms with E-state index in [1.807, 2.05) is 6.07 Å². The number of benzene rings is 6. The van der Waals surface area contributed by atoms with Crippen LogP contribution >= 0.6 is 0 Å². The molecular formula is C36H22N2O. The van der Waals surface area contributed by atoms with Crippen LogP contribution in [0.25, 0.3) is 76.9 Å². The number of rotatable bonds is 2. The Bertz CT molecular complexity index is 2370. The Kier molecular flexibility index (Phi) is 4.05. The van der Waals surface area contributed by atoms with Crippen LogP contribution in [0, 0.1) is 0 Å². The van der Waals surface area contributed by atoms with Gasteiger partial charge in [-0.15, -0.1) is 0 Å². The molecular weight excluding hydrogens is 476 g/mol. The first-order valence-corrected chi connectivity index (χ1v) is 13.3. The average Bonchev–Trinajstić information content (AvgIpc) is 3.64. The summed E-state index contributed by atoms with van der Waals surface area (Å²) in [5.74, 6) is 0. The highest BCUT2D eigenvalue weighted by atomic mass is 16.3. The van der Waals surface area contributed by atoms with Crippen LogP contribution in [-0.2, 0) is 0 Å². The molecule has 0 saturated heterocycles. The molecule has 0 fully saturated rings. The van der Waals surface area contributed by atoms with Gasteiger partial charge in [-0.25, -0.2) is 0 Å². The van der Waals surface area contributed by atoms with Crippen molar-refractivity contribution < 1.29 is 4.42 Å². The fourth-order valence-electron chi connectivity index (χ4n) is 6.47. The minimum Gasteiger partial charge on any atom is -0.456 e. The fraction of sp³-hybridized carbons (Fsp3) is 0. The smallest absolute Gasteiger partial charge is 0.137 e. The molecule has 182 valence electrons. The van der Waals surface area contributed by atoms with Crippen molar-refractivity contribution in [2.45, 2.75) is 0 Å². The summed E-state index contributed by atoms with van der Waals surface area (Å²) in [4.78, 5) is 0. The van der Waals surface area contributed by atoms with Gasteiger partial charge >= 0.3 is 0 Å². The molecule has 6 aromatic carbocycles. The number of para-hydroxylation sites is 4. The summed E-state index contributed by atoms with van der Waals surface area (Å²) >= 11 is 0. The first-order chi connectivity index (χ1) is 19.4. The van der Waals surface area contributed by atoms with Crippen LogP contribution in [0.1, 0.15) is 0 Å². The Morgan fingerprint density at radius 1 is 0.385 bits per heavy atom. The molecule has 3 heteroatoms. The third-order valence-corrected chi connectivity index (χ3v) is 8.09. The van der Waals surface area contributed by atoms with E-state index < -0.39 is 0 Å². The normalized spacial score (nSPS) is 12.1. The lowest BCUT2D eigenvalue weighted by Gasteiger charge is -2.10. The minimum absolute atomic E-state index is 0.910. The Labute approximate surface area is 223 Å². The lowest BCUT2D eigenvalue weighted by atomic mass is 10.1. The predicted octanol–water partition coefficient (Wildman–Crippen LogP) is 9.78. The highest BCUT2D eigenvalue weighted by Gasteiger charge is 2.21. The molecule has 39 heavy (non-hydrogen) atoms. The maximum Gasteiger partial charge on any atom is 0.137 e. The van der Waals surface area contributed by atoms with Crippen molar-refractivity contribution in [3.05, 3.63) is 133 Å². The van der Waals surface area contributed by atoms with Crippen LogP contribution in [-0.4, -0.2) is 9.13 Å². The van der Waals surface area contributed by atoms with Gasteiger partial charge < -0.3 is 13.6 Å². The topological polar surface area (TPSA) is 23.0 Å². The first-order valence-electron chi connectivity index (χ1n) is 13.3. The Morgan fingerprint density at radius 2 is 1.00 bits per heavy atom. The van der Waals surface area contributed by atoms with Gasteiger partial charge in [-0.3, -0.25) is 0 Å². The molecule has 3 aromatic heterocycles. The summed E-state index contributed by atoms with van der Waals surface area (Å²) in [5.41, 5.74) is 8.89. The number of fused-ring (bicyclic) bond motifs is 10. The summed E-state index contributed by atoms with van der Waals surface area (Å²) in [6.45, 7) is 0. The highest BCUT2D eigenvalue weighted by Crippen LogP contribution is 2.43. The predicted molar refractivity (Wildman–Crippen MR) is 162 cm³/mol. The van der Waals surface area contributed by atoms with Crippen molar-refractivity contribution in [2.75, 3.05) is 0 Å². The van der Waals surface area contributed by atoms with Crippen molar-refractivity contribution >= 4 is 65.6 Å². The molecule has 0 radical (unpaired) electrons. The molecule has 9 aromatic rings. The molecule has 0 amide bonds. The van der Waals surface area contributed by atoms with Crippen molar-refractivity contribution in [3.8, 4) is 11.4 Å². The molecule has 0 aliphatic heterocycles. The van der Waals surface area contributed by atoms with E-state index in [0.717, 1.165) is 33.3 Å². The second-order valence-electron chi connectivity index (χ2n) is 10.2. The minimum atomic E-state index is 0.910. The first kappa shape index (κ1) is 20.7. The van der Waals surface area contributed by atoms with Crippen molar-refractivity contribution in [1.29, 1.82) is 0 Å². The summed E-state index contributed by atoms with van der Waals surface area (Å²) in [7, 11) is 0. The molecule has 0 spiro atoms.